The van der Waals surface area contributed by atoms with Crippen LogP contribution in [0, 0.1) is 35.5 Å². The Labute approximate surface area is 238 Å². The van der Waals surface area contributed by atoms with Gasteiger partial charge in [-0.05, 0) is 98.7 Å². The molecular formula is C34H42LrN4O2. The predicted octanol–water partition coefficient (Wildman–Crippen LogP) is 7.00. The Hall–Kier alpha value is -4.30. The van der Waals surface area contributed by atoms with Gasteiger partial charge in [-0.1, -0.05) is 25.5 Å². The summed E-state index contributed by atoms with van der Waals surface area (Å²) < 4.78 is 5.88. The van der Waals surface area contributed by atoms with Crippen LogP contribution in [-0.2, 0) is 6.54 Å². The van der Waals surface area contributed by atoms with Gasteiger partial charge in [0.05, 0.1) is 13.2 Å². The quantitative estimate of drug-likeness (QED) is 0.280. The minimum absolute atomic E-state index is 0. The van der Waals surface area contributed by atoms with E-state index in [9.17, 15) is 10.1 Å². The first-order chi connectivity index (χ1) is 19.4. The molecule has 2 aliphatic heterocycles. The number of likely N-dealkylation sites (tertiary alicyclic amines) is 2. The zero-order valence-electron chi connectivity index (χ0n) is 24.5. The Balaban J connectivity index is 0.00000337. The smallest absolute Gasteiger partial charge is 0.253 e. The summed E-state index contributed by atoms with van der Waals surface area (Å²) in [5.41, 5.74) is 5.88. The number of nitrogens with one attached hydrogen (secondary N) is 1. The van der Waals surface area contributed by atoms with Gasteiger partial charge < -0.3 is 14.6 Å². The fourth-order valence-electron chi connectivity index (χ4n) is 7.82. The molecule has 3 aliphatic rings. The third-order valence-electron chi connectivity index (χ3n) is 10.0. The van der Waals surface area contributed by atoms with Crippen molar-refractivity contribution >= 4 is 16.8 Å². The Morgan fingerprint density at radius 1 is 1.17 bits per heavy atom. The number of methoxy groups -OCH3 is 1. The van der Waals surface area contributed by atoms with E-state index in [1.807, 2.05) is 23.2 Å². The molecule has 0 unspecified atom stereocenters. The fraction of sp³-hybridized carbons (Fsp3) is 0.529. The summed E-state index contributed by atoms with van der Waals surface area (Å²) in [5, 5.41) is 10.7. The summed E-state index contributed by atoms with van der Waals surface area (Å²) in [6.07, 6.45) is 9.71. The molecule has 3 aromatic rings. The SMILES string of the molecule is CCC[C@@H]1CCN(C(=O)c2ccc([C@@H]3CC4(CCN3Cc3c(OC)cc(C)c5[nH]ccc35)CC(C#N)C4)cc2)C1.[Lr]. The molecule has 6 nitrogen and oxygen atoms in total. The molecule has 1 spiro atoms. The first-order valence-corrected chi connectivity index (χ1v) is 15.1. The molecule has 41 heavy (non-hydrogen) atoms. The van der Waals surface area contributed by atoms with E-state index in [0.29, 0.717) is 5.92 Å². The number of carbonyl (C=O) groups is 1. The fourth-order valence-corrected chi connectivity index (χ4v) is 7.82. The Kier molecular flexibility index (Phi) is 7.78. The standard InChI is InChI=1S/C34H42N4O2.Lr/c1-4-5-24-11-14-38(21-24)33(39)27-8-6-26(7-9-27)30-19-34(17-25(18-34)20-35)12-15-37(30)22-29-28-10-13-36-32(28)23(2)16-31(29)40-3;/h6-10,13,16,24-25,30,36H,4-5,11-12,14-15,17-19,21-22H2,1-3H3;/t24-,25?,30+,34?;/m1./s1. The van der Waals surface area contributed by atoms with Crippen molar-refractivity contribution in [2.24, 2.45) is 17.3 Å². The van der Waals surface area contributed by atoms with Gasteiger partial charge in [0.1, 0.15) is 5.75 Å². The molecule has 1 saturated carbocycles. The van der Waals surface area contributed by atoms with E-state index >= 15 is 0 Å². The molecule has 2 saturated heterocycles. The predicted molar refractivity (Wildman–Crippen MR) is 158 cm³/mol. The number of piperidine rings is 1. The summed E-state index contributed by atoms with van der Waals surface area (Å²) in [6, 6.07) is 15.5. The van der Waals surface area contributed by atoms with E-state index in [1.54, 1.807) is 7.11 Å². The van der Waals surface area contributed by atoms with Gasteiger partial charge >= 0.3 is 0 Å². The van der Waals surface area contributed by atoms with E-state index in [-0.39, 0.29) is 23.3 Å². The van der Waals surface area contributed by atoms with Crippen molar-refractivity contribution < 1.29 is 9.53 Å². The molecule has 6 rings (SSSR count). The number of carbonyl (C=O) groups excluding carboxylic acids is 1. The second-order valence-corrected chi connectivity index (χ2v) is 12.6. The number of amides is 1. The van der Waals surface area contributed by atoms with Gasteiger partial charge in [-0.15, -0.1) is 0 Å². The van der Waals surface area contributed by atoms with Crippen molar-refractivity contribution in [2.45, 2.75) is 71.4 Å². The van der Waals surface area contributed by atoms with Gasteiger partial charge in [-0.2, -0.15) is 5.26 Å². The van der Waals surface area contributed by atoms with Gasteiger partial charge in [0, 0.05) is 59.8 Å². The molecule has 1 aliphatic carbocycles. The number of hydrogen-bond acceptors (Lipinski definition) is 4. The number of ether oxygens (including phenoxy) is 1. The maximum atomic E-state index is 13.3. The van der Waals surface area contributed by atoms with Crippen LogP contribution in [0.15, 0.2) is 42.6 Å². The zero-order valence-corrected chi connectivity index (χ0v) is 26.6. The summed E-state index contributed by atoms with van der Waals surface area (Å²) >= 11 is 0. The number of H-pyrrole nitrogens is 1. The molecule has 225 valence electrons. The maximum absolute atomic E-state index is 13.3. The van der Waals surface area contributed by atoms with Crippen LogP contribution in [0.5, 0.6) is 5.75 Å². The molecule has 1 radical (unpaired) electrons. The van der Waals surface area contributed by atoms with Crippen molar-refractivity contribution in [1.29, 1.82) is 5.26 Å². The van der Waals surface area contributed by atoms with Crippen molar-refractivity contribution in [3.05, 3.63) is 64.8 Å². The van der Waals surface area contributed by atoms with Crippen LogP contribution >= 0.6 is 0 Å². The minimum Gasteiger partial charge on any atom is -0.496 e. The number of aryl methyl sites for hydroxylation is 1. The number of aromatic nitrogens is 1. The van der Waals surface area contributed by atoms with Crippen LogP contribution in [-0.4, -0.2) is 47.4 Å². The van der Waals surface area contributed by atoms with Gasteiger partial charge in [0.15, 0.2) is 0 Å². The molecule has 2 atom stereocenters. The largest absolute Gasteiger partial charge is 0.496 e. The van der Waals surface area contributed by atoms with E-state index in [4.69, 9.17) is 4.74 Å². The van der Waals surface area contributed by atoms with Crippen molar-refractivity contribution in [3.63, 3.8) is 0 Å². The van der Waals surface area contributed by atoms with Gasteiger partial charge in [-0.3, -0.25) is 9.69 Å². The molecule has 0 bridgehead atoms. The molecule has 3 heterocycles. The molecule has 1 amide bonds. The van der Waals surface area contributed by atoms with Crippen LogP contribution in [0.1, 0.15) is 85.0 Å². The molecule has 7 heteroatoms. The topological polar surface area (TPSA) is 72.4 Å². The van der Waals surface area contributed by atoms with Gasteiger partial charge in [0.25, 0.3) is 5.91 Å². The van der Waals surface area contributed by atoms with Crippen LogP contribution in [0.25, 0.3) is 10.9 Å². The normalized spacial score (nSPS) is 26.0. The summed E-state index contributed by atoms with van der Waals surface area (Å²) in [4.78, 5) is 21.3. The first kappa shape index (κ1) is 28.2. The average molecular weight is 801 g/mol. The monoisotopic (exact) mass is 800 g/mol. The Morgan fingerprint density at radius 3 is 2.66 bits per heavy atom. The molecule has 1 N–H and O–H groups in total. The van der Waals surface area contributed by atoms with Crippen LogP contribution in [0.4, 0.5) is 0 Å². The van der Waals surface area contributed by atoms with E-state index in [1.165, 1.54) is 40.4 Å². The molecule has 1 aromatic heterocycles. The van der Waals surface area contributed by atoms with Crippen molar-refractivity contribution in [3.8, 4) is 11.8 Å². The van der Waals surface area contributed by atoms with Gasteiger partial charge in [0.2, 0.25) is 0 Å². The third-order valence-corrected chi connectivity index (χ3v) is 10.0. The number of rotatable bonds is 7. The number of aromatic amines is 1. The first-order valence-electron chi connectivity index (χ1n) is 15.1. The zero-order chi connectivity index (χ0) is 27.9. The maximum Gasteiger partial charge on any atom is 0.253 e. The average Bonchev–Trinajstić information content (AvgIpc) is 3.64. The molecular weight excluding hydrogens is 758 g/mol. The van der Waals surface area contributed by atoms with Crippen molar-refractivity contribution in [2.75, 3.05) is 26.7 Å². The summed E-state index contributed by atoms with van der Waals surface area (Å²) in [5.74, 6) is 1.94. The number of nitriles is 1. The number of benzene rings is 2. The number of hydrogen-bond donors (Lipinski definition) is 1. The van der Waals surface area contributed by atoms with Crippen LogP contribution in [0.2, 0.25) is 0 Å². The van der Waals surface area contributed by atoms with E-state index in [2.05, 4.69) is 54.1 Å². The molecule has 3 fully saturated rings. The summed E-state index contributed by atoms with van der Waals surface area (Å²) in [6.45, 7) is 7.89. The summed E-state index contributed by atoms with van der Waals surface area (Å²) in [7, 11) is 1.76. The van der Waals surface area contributed by atoms with Crippen LogP contribution < -0.4 is 4.74 Å². The van der Waals surface area contributed by atoms with E-state index < -0.39 is 0 Å². The van der Waals surface area contributed by atoms with Crippen molar-refractivity contribution in [1.82, 2.24) is 14.8 Å². The second kappa shape index (κ2) is 11.3. The number of nitrogens with zero attached hydrogens (tertiary/aromatic N) is 3. The van der Waals surface area contributed by atoms with Gasteiger partial charge in [-0.25, -0.2) is 0 Å². The number of fused-ring (bicyclic) bond motifs is 1. The van der Waals surface area contributed by atoms with Crippen LogP contribution in [0.3, 0.4) is 0 Å². The Morgan fingerprint density at radius 2 is 1.95 bits per heavy atom. The Bertz CT molecular complexity index is 1420. The minimum atomic E-state index is 0. The molecule has 2 aromatic carbocycles. The van der Waals surface area contributed by atoms with E-state index in [0.717, 1.165) is 69.6 Å². The third kappa shape index (κ3) is 5.15. The second-order valence-electron chi connectivity index (χ2n) is 12.6.